The van der Waals surface area contributed by atoms with Crippen molar-refractivity contribution in [1.29, 1.82) is 0 Å². The van der Waals surface area contributed by atoms with E-state index in [1.165, 1.54) is 30.7 Å². The fourth-order valence-electron chi connectivity index (χ4n) is 4.66. The molecule has 2 aliphatic rings. The van der Waals surface area contributed by atoms with Gasteiger partial charge < -0.3 is 15.1 Å². The number of rotatable bonds is 6. The molecule has 1 aromatic carbocycles. The van der Waals surface area contributed by atoms with Crippen LogP contribution in [0.5, 0.6) is 0 Å². The lowest BCUT2D eigenvalue weighted by Gasteiger charge is -2.38. The molecule has 178 valence electrons. The van der Waals surface area contributed by atoms with Gasteiger partial charge in [-0.25, -0.2) is 9.18 Å². The molecule has 0 saturated carbocycles. The van der Waals surface area contributed by atoms with Gasteiger partial charge in [-0.3, -0.25) is 9.69 Å². The van der Waals surface area contributed by atoms with Gasteiger partial charge in [0.25, 0.3) is 0 Å². The Morgan fingerprint density at radius 1 is 1.12 bits per heavy atom. The van der Waals surface area contributed by atoms with Gasteiger partial charge in [-0.05, 0) is 68.4 Å². The van der Waals surface area contributed by atoms with Crippen molar-refractivity contribution in [3.63, 3.8) is 0 Å². The van der Waals surface area contributed by atoms with Crippen LogP contribution in [0.25, 0.3) is 0 Å². The van der Waals surface area contributed by atoms with Crippen LogP contribution in [-0.4, -0.2) is 67.4 Å². The monoisotopic (exact) mass is 472 g/mol. The molecule has 0 aliphatic carbocycles. The normalized spacial score (nSPS) is 18.9. The lowest BCUT2D eigenvalue weighted by Crippen LogP contribution is -2.53. The lowest BCUT2D eigenvalue weighted by molar-refractivity contribution is 0.101. The maximum atomic E-state index is 14.5. The number of urea groups is 1. The van der Waals surface area contributed by atoms with Crippen molar-refractivity contribution in [2.75, 3.05) is 50.7 Å². The summed E-state index contributed by atoms with van der Waals surface area (Å²) in [6.07, 6.45) is 2.39. The number of halogens is 1. The quantitative estimate of drug-likeness (QED) is 0.634. The summed E-state index contributed by atoms with van der Waals surface area (Å²) in [7, 11) is 0. The van der Waals surface area contributed by atoms with Crippen LogP contribution >= 0.6 is 11.3 Å². The Hall–Kier alpha value is -2.45. The number of piperidine rings is 1. The first kappa shape index (κ1) is 23.7. The van der Waals surface area contributed by atoms with E-state index in [9.17, 15) is 14.0 Å². The van der Waals surface area contributed by atoms with Gasteiger partial charge in [-0.15, -0.1) is 11.3 Å². The van der Waals surface area contributed by atoms with Crippen molar-refractivity contribution in [2.45, 2.75) is 32.7 Å². The molecule has 2 saturated heterocycles. The number of hydrogen-bond acceptors (Lipinski definition) is 5. The number of carbonyl (C=O) groups excluding carboxylic acids is 2. The maximum Gasteiger partial charge on any atom is 0.317 e. The van der Waals surface area contributed by atoms with Crippen molar-refractivity contribution in [1.82, 2.24) is 15.1 Å². The Bertz CT molecular complexity index is 951. The van der Waals surface area contributed by atoms with Crippen molar-refractivity contribution in [3.8, 4) is 0 Å². The highest BCUT2D eigenvalue weighted by Crippen LogP contribution is 2.29. The number of amides is 2. The highest BCUT2D eigenvalue weighted by Gasteiger charge is 2.28. The number of hydrogen-bond donors (Lipinski definition) is 1. The van der Waals surface area contributed by atoms with Gasteiger partial charge in [0.05, 0.1) is 11.7 Å². The molecule has 1 N–H and O–H groups in total. The van der Waals surface area contributed by atoms with E-state index in [-0.39, 0.29) is 17.9 Å². The summed E-state index contributed by atoms with van der Waals surface area (Å²) < 4.78 is 14.5. The zero-order chi connectivity index (χ0) is 23.4. The van der Waals surface area contributed by atoms with Crippen LogP contribution in [0.1, 0.15) is 48.0 Å². The van der Waals surface area contributed by atoms with E-state index in [2.05, 4.69) is 34.7 Å². The van der Waals surface area contributed by atoms with E-state index in [1.54, 1.807) is 23.5 Å². The Balaban J connectivity index is 1.31. The van der Waals surface area contributed by atoms with Gasteiger partial charge in [-0.1, -0.05) is 13.0 Å². The smallest absolute Gasteiger partial charge is 0.317 e. The molecule has 6 nitrogen and oxygen atoms in total. The van der Waals surface area contributed by atoms with Crippen LogP contribution in [0.3, 0.4) is 0 Å². The third kappa shape index (κ3) is 5.73. The predicted octanol–water partition coefficient (Wildman–Crippen LogP) is 4.39. The molecule has 1 atom stereocenters. The minimum Gasteiger partial charge on any atom is -0.366 e. The number of nitrogens with zero attached hydrogens (tertiary/aromatic N) is 3. The summed E-state index contributed by atoms with van der Waals surface area (Å²) >= 11 is 1.74. The van der Waals surface area contributed by atoms with E-state index in [1.807, 2.05) is 9.80 Å². The van der Waals surface area contributed by atoms with Crippen LogP contribution in [0, 0.1) is 11.7 Å². The second kappa shape index (κ2) is 10.7. The molecule has 8 heteroatoms. The molecule has 33 heavy (non-hydrogen) atoms. The zero-order valence-electron chi connectivity index (χ0n) is 19.4. The molecule has 1 aromatic heterocycles. The van der Waals surface area contributed by atoms with Crippen LogP contribution in [0.4, 0.5) is 14.9 Å². The summed E-state index contributed by atoms with van der Waals surface area (Å²) in [6.45, 7) is 8.64. The number of nitrogens with one attached hydrogen (secondary N) is 1. The maximum absolute atomic E-state index is 14.5. The Morgan fingerprint density at radius 3 is 2.45 bits per heavy atom. The second-order valence-corrected chi connectivity index (χ2v) is 10.1. The number of thiophene rings is 1. The largest absolute Gasteiger partial charge is 0.366 e. The molecule has 2 aromatic rings. The number of piperazine rings is 1. The summed E-state index contributed by atoms with van der Waals surface area (Å²) in [5, 5.41) is 5.25. The van der Waals surface area contributed by atoms with Crippen LogP contribution in [-0.2, 0) is 0 Å². The number of carbonyl (C=O) groups is 2. The molecular weight excluding hydrogens is 439 g/mol. The Morgan fingerprint density at radius 2 is 1.85 bits per heavy atom. The van der Waals surface area contributed by atoms with Gasteiger partial charge >= 0.3 is 6.03 Å². The molecule has 0 spiro atoms. The number of benzene rings is 1. The predicted molar refractivity (Wildman–Crippen MR) is 131 cm³/mol. The zero-order valence-corrected chi connectivity index (χ0v) is 20.2. The summed E-state index contributed by atoms with van der Waals surface area (Å²) in [5.74, 6) is 0.219. The van der Waals surface area contributed by atoms with Crippen LogP contribution in [0.2, 0.25) is 0 Å². The fourth-order valence-corrected chi connectivity index (χ4v) is 5.52. The van der Waals surface area contributed by atoms with Gasteiger partial charge in [0.15, 0.2) is 5.78 Å². The molecule has 0 bridgehead atoms. The summed E-state index contributed by atoms with van der Waals surface area (Å²) in [4.78, 5) is 31.9. The SMILES string of the molecule is CC(=O)c1ccc(N2CCN(C(=O)NCC(c3cccs3)N3CCC(C)CC3)CC2)c(F)c1. The number of anilines is 1. The van der Waals surface area contributed by atoms with Crippen LogP contribution in [0.15, 0.2) is 35.7 Å². The van der Waals surface area contributed by atoms with Crippen molar-refractivity contribution < 1.29 is 14.0 Å². The first-order chi connectivity index (χ1) is 15.9. The molecule has 2 fully saturated rings. The van der Waals surface area contributed by atoms with Crippen molar-refractivity contribution >= 4 is 28.8 Å². The highest BCUT2D eigenvalue weighted by molar-refractivity contribution is 7.10. The number of ketones is 1. The van der Waals surface area contributed by atoms with E-state index in [0.717, 1.165) is 19.0 Å². The van der Waals surface area contributed by atoms with Gasteiger partial charge in [0.2, 0.25) is 0 Å². The molecule has 0 radical (unpaired) electrons. The van der Waals surface area contributed by atoms with Gasteiger partial charge in [0, 0.05) is 43.2 Å². The lowest BCUT2D eigenvalue weighted by atomic mass is 9.97. The first-order valence-electron chi connectivity index (χ1n) is 11.8. The first-order valence-corrected chi connectivity index (χ1v) is 12.7. The summed E-state index contributed by atoms with van der Waals surface area (Å²) in [6, 6.07) is 8.99. The van der Waals surface area contributed by atoms with E-state index < -0.39 is 5.82 Å². The number of Topliss-reactive ketones (excluding diaryl/α,β-unsaturated/α-hetero) is 1. The number of likely N-dealkylation sites (tertiary alicyclic amines) is 1. The van der Waals surface area contributed by atoms with Crippen molar-refractivity contribution in [3.05, 3.63) is 52.0 Å². The molecular formula is C25H33FN4O2S. The standard InChI is InChI=1S/C25H33FN4O2S/c1-18-7-9-28(10-8-18)23(24-4-3-15-33-24)17-27-25(32)30-13-11-29(12-14-30)22-6-5-20(19(2)31)16-21(22)26/h3-6,15-16,18,23H,7-14,17H2,1-2H3,(H,27,32). The minimum atomic E-state index is -0.393. The average Bonchev–Trinajstić information content (AvgIpc) is 3.35. The highest BCUT2D eigenvalue weighted by atomic mass is 32.1. The molecule has 2 amide bonds. The third-order valence-corrected chi connectivity index (χ3v) is 7.81. The van der Waals surface area contributed by atoms with Crippen molar-refractivity contribution in [2.24, 2.45) is 5.92 Å². The molecule has 1 unspecified atom stereocenters. The second-order valence-electron chi connectivity index (χ2n) is 9.13. The molecule has 2 aliphatic heterocycles. The van der Waals surface area contributed by atoms with E-state index >= 15 is 0 Å². The van der Waals surface area contributed by atoms with E-state index in [0.29, 0.717) is 44.0 Å². The van der Waals surface area contributed by atoms with Crippen LogP contribution < -0.4 is 10.2 Å². The van der Waals surface area contributed by atoms with Gasteiger partial charge in [-0.2, -0.15) is 0 Å². The Kier molecular flexibility index (Phi) is 7.65. The van der Waals surface area contributed by atoms with E-state index in [4.69, 9.17) is 0 Å². The average molecular weight is 473 g/mol. The minimum absolute atomic E-state index is 0.0611. The Labute approximate surface area is 199 Å². The molecule has 4 rings (SSSR count). The topological polar surface area (TPSA) is 55.9 Å². The summed E-state index contributed by atoms with van der Waals surface area (Å²) in [5.41, 5.74) is 0.856. The fraction of sp³-hybridized carbons (Fsp3) is 0.520. The van der Waals surface area contributed by atoms with Gasteiger partial charge in [0.1, 0.15) is 5.82 Å². The third-order valence-electron chi connectivity index (χ3n) is 6.84. The molecule has 3 heterocycles.